The predicted octanol–water partition coefficient (Wildman–Crippen LogP) is 2.20. The average Bonchev–Trinajstić information content (AvgIpc) is 2.51. The van der Waals surface area contributed by atoms with Crippen molar-refractivity contribution in [1.29, 1.82) is 0 Å². The molecule has 1 aromatic heterocycles. The second-order valence-electron chi connectivity index (χ2n) is 2.74. The first-order chi connectivity index (χ1) is 6.61. The number of nitrogens with zero attached hydrogens (tertiary/aromatic N) is 3. The van der Waals surface area contributed by atoms with Crippen molar-refractivity contribution in [3.63, 3.8) is 0 Å². The van der Waals surface area contributed by atoms with Gasteiger partial charge < -0.3 is 0 Å². The molecule has 2 aromatic rings. The highest BCUT2D eigenvalue weighted by molar-refractivity contribution is 9.10. The Kier molecular flexibility index (Phi) is 1.95. The van der Waals surface area contributed by atoms with E-state index in [1.165, 1.54) is 0 Å². The average molecular weight is 258 g/mol. The van der Waals surface area contributed by atoms with Gasteiger partial charge in [0.1, 0.15) is 0 Å². The lowest BCUT2D eigenvalue weighted by atomic mass is 10.2. The van der Waals surface area contributed by atoms with Gasteiger partial charge in [0, 0.05) is 10.0 Å². The maximum Gasteiger partial charge on any atom is 0.303 e. The molecule has 1 heterocycles. The fourth-order valence-electron chi connectivity index (χ4n) is 1.24. The summed E-state index contributed by atoms with van der Waals surface area (Å²) in [6.07, 6.45) is 0. The maximum atomic E-state index is 10.7. The molecule has 0 unspecified atom stereocenters. The molecule has 14 heavy (non-hydrogen) atoms. The number of aromatic nitrogens is 2. The number of hydrogen-bond donors (Lipinski definition) is 0. The van der Waals surface area contributed by atoms with Crippen molar-refractivity contribution in [3.8, 4) is 0 Å². The van der Waals surface area contributed by atoms with Crippen molar-refractivity contribution in [2.24, 2.45) is 0 Å². The van der Waals surface area contributed by atoms with Gasteiger partial charge in [-0.05, 0) is 39.2 Å². The van der Waals surface area contributed by atoms with E-state index in [0.717, 1.165) is 0 Å². The predicted molar refractivity (Wildman–Crippen MR) is 50.9 cm³/mol. The van der Waals surface area contributed by atoms with E-state index in [2.05, 4.69) is 30.9 Å². The van der Waals surface area contributed by atoms with E-state index < -0.39 is 4.92 Å². The van der Waals surface area contributed by atoms with E-state index in [0.29, 0.717) is 15.6 Å². The second kappa shape index (κ2) is 3.02. The molecular formula is C7H4BrN3O3. The van der Waals surface area contributed by atoms with E-state index >= 15 is 0 Å². The minimum absolute atomic E-state index is 0.0653. The molecule has 0 aliphatic rings. The number of nitro benzene ring substituents is 1. The smallest absolute Gasteiger partial charge is 0.258 e. The van der Waals surface area contributed by atoms with Crippen LogP contribution in [-0.4, -0.2) is 15.2 Å². The molecule has 0 bridgehead atoms. The van der Waals surface area contributed by atoms with Crippen LogP contribution in [0.4, 0.5) is 5.69 Å². The first-order valence-corrected chi connectivity index (χ1v) is 4.46. The summed E-state index contributed by atoms with van der Waals surface area (Å²) in [5.74, 6) is 0. The first kappa shape index (κ1) is 9.07. The summed E-state index contributed by atoms with van der Waals surface area (Å²) in [5, 5.41) is 17.8. The van der Waals surface area contributed by atoms with Gasteiger partial charge in [-0.25, -0.2) is 4.63 Å². The lowest BCUT2D eigenvalue weighted by molar-refractivity contribution is -0.383. The highest BCUT2D eigenvalue weighted by atomic mass is 79.9. The SMILES string of the molecule is Cc1cc(Br)c2nonc2c1[N+](=O)[O-]. The Labute approximate surface area is 86.1 Å². The van der Waals surface area contributed by atoms with Crippen molar-refractivity contribution in [2.45, 2.75) is 6.92 Å². The zero-order chi connectivity index (χ0) is 10.3. The van der Waals surface area contributed by atoms with Crippen molar-refractivity contribution in [1.82, 2.24) is 10.3 Å². The Morgan fingerprint density at radius 3 is 2.79 bits per heavy atom. The van der Waals surface area contributed by atoms with Gasteiger partial charge in [0.05, 0.1) is 4.92 Å². The van der Waals surface area contributed by atoms with Crippen LogP contribution in [0.2, 0.25) is 0 Å². The zero-order valence-electron chi connectivity index (χ0n) is 7.02. The number of hydrogen-bond acceptors (Lipinski definition) is 5. The molecule has 0 saturated heterocycles. The van der Waals surface area contributed by atoms with E-state index in [-0.39, 0.29) is 11.2 Å². The molecule has 1 aromatic carbocycles. The van der Waals surface area contributed by atoms with E-state index in [1.807, 2.05) is 0 Å². The van der Waals surface area contributed by atoms with Crippen LogP contribution in [0, 0.1) is 17.0 Å². The Morgan fingerprint density at radius 1 is 1.50 bits per heavy atom. The molecule has 0 N–H and O–H groups in total. The number of aryl methyl sites for hydroxylation is 1. The lowest BCUT2D eigenvalue weighted by Gasteiger charge is -1.97. The van der Waals surface area contributed by atoms with Crippen molar-refractivity contribution in [3.05, 3.63) is 26.2 Å². The fraction of sp³-hybridized carbons (Fsp3) is 0.143. The molecule has 0 aliphatic carbocycles. The quantitative estimate of drug-likeness (QED) is 0.578. The highest BCUT2D eigenvalue weighted by Gasteiger charge is 2.22. The summed E-state index contributed by atoms with van der Waals surface area (Å²) < 4.78 is 5.09. The summed E-state index contributed by atoms with van der Waals surface area (Å²) in [6.45, 7) is 1.64. The molecule has 0 spiro atoms. The minimum Gasteiger partial charge on any atom is -0.258 e. The third-order valence-corrected chi connectivity index (χ3v) is 2.44. The van der Waals surface area contributed by atoms with Gasteiger partial charge in [0.25, 0.3) is 0 Å². The molecule has 0 radical (unpaired) electrons. The Bertz CT molecular complexity index is 522. The molecule has 6 nitrogen and oxygen atoms in total. The second-order valence-corrected chi connectivity index (χ2v) is 3.60. The molecule has 0 amide bonds. The minimum atomic E-state index is -0.492. The Hall–Kier alpha value is -1.50. The molecule has 7 heteroatoms. The third kappa shape index (κ3) is 1.17. The van der Waals surface area contributed by atoms with E-state index in [4.69, 9.17) is 0 Å². The van der Waals surface area contributed by atoms with Crippen LogP contribution in [0.3, 0.4) is 0 Å². The molecule has 72 valence electrons. The number of fused-ring (bicyclic) bond motifs is 1. The van der Waals surface area contributed by atoms with Gasteiger partial charge in [0.15, 0.2) is 5.52 Å². The van der Waals surface area contributed by atoms with Crippen molar-refractivity contribution >= 4 is 32.7 Å². The van der Waals surface area contributed by atoms with Crippen LogP contribution in [-0.2, 0) is 0 Å². The molecular weight excluding hydrogens is 254 g/mol. The Balaban J connectivity index is 2.93. The number of halogens is 1. The van der Waals surface area contributed by atoms with E-state index in [9.17, 15) is 10.1 Å². The van der Waals surface area contributed by atoms with Crippen molar-refractivity contribution < 1.29 is 9.55 Å². The lowest BCUT2D eigenvalue weighted by Crippen LogP contribution is -1.93. The normalized spacial score (nSPS) is 10.7. The monoisotopic (exact) mass is 257 g/mol. The molecule has 0 saturated carbocycles. The summed E-state index contributed by atoms with van der Waals surface area (Å²) in [6, 6.07) is 1.62. The van der Waals surface area contributed by atoms with E-state index in [1.54, 1.807) is 13.0 Å². The summed E-state index contributed by atoms with van der Waals surface area (Å²) >= 11 is 3.23. The summed E-state index contributed by atoms with van der Waals surface area (Å²) in [4.78, 5) is 10.2. The first-order valence-electron chi connectivity index (χ1n) is 3.67. The topological polar surface area (TPSA) is 82.1 Å². The Morgan fingerprint density at radius 2 is 2.14 bits per heavy atom. The largest absolute Gasteiger partial charge is 0.303 e. The van der Waals surface area contributed by atoms with Crippen LogP contribution < -0.4 is 0 Å². The highest BCUT2D eigenvalue weighted by Crippen LogP contribution is 2.32. The fourth-order valence-corrected chi connectivity index (χ4v) is 1.85. The standard InChI is InChI=1S/C7H4BrN3O3/c1-3-2-4(8)5-6(10-14-9-5)7(3)11(12)13/h2H,1H3. The third-order valence-electron chi connectivity index (χ3n) is 1.84. The van der Waals surface area contributed by atoms with Gasteiger partial charge in [-0.1, -0.05) is 0 Å². The number of rotatable bonds is 1. The molecule has 0 atom stereocenters. The molecule has 2 rings (SSSR count). The number of nitro groups is 1. The van der Waals surface area contributed by atoms with Crippen LogP contribution in [0.25, 0.3) is 11.0 Å². The van der Waals surface area contributed by atoms with Crippen LogP contribution in [0.5, 0.6) is 0 Å². The van der Waals surface area contributed by atoms with Gasteiger partial charge in [-0.2, -0.15) is 0 Å². The van der Waals surface area contributed by atoms with Crippen molar-refractivity contribution in [2.75, 3.05) is 0 Å². The van der Waals surface area contributed by atoms with Crippen LogP contribution in [0.15, 0.2) is 15.2 Å². The molecule has 0 fully saturated rings. The van der Waals surface area contributed by atoms with Gasteiger partial charge >= 0.3 is 5.69 Å². The number of benzene rings is 1. The maximum absolute atomic E-state index is 10.7. The molecule has 0 aliphatic heterocycles. The van der Waals surface area contributed by atoms with Crippen LogP contribution >= 0.6 is 15.9 Å². The summed E-state index contributed by atoms with van der Waals surface area (Å²) in [5.41, 5.74) is 0.985. The van der Waals surface area contributed by atoms with Gasteiger partial charge in [0.2, 0.25) is 5.52 Å². The van der Waals surface area contributed by atoms with Gasteiger partial charge in [-0.15, -0.1) is 0 Å². The van der Waals surface area contributed by atoms with Gasteiger partial charge in [-0.3, -0.25) is 10.1 Å². The zero-order valence-corrected chi connectivity index (χ0v) is 8.61. The summed E-state index contributed by atoms with van der Waals surface area (Å²) in [7, 11) is 0. The van der Waals surface area contributed by atoms with Crippen LogP contribution in [0.1, 0.15) is 5.56 Å².